The van der Waals surface area contributed by atoms with Crippen LogP contribution < -0.4 is 0 Å². The molecule has 0 radical (unpaired) electrons. The number of hydrogen-bond acceptors (Lipinski definition) is 4. The molecule has 0 spiro atoms. The number of aliphatic hydroxyl groups excluding tert-OH is 2. The summed E-state index contributed by atoms with van der Waals surface area (Å²) in [4.78, 5) is 10.5. The van der Waals surface area contributed by atoms with Gasteiger partial charge < -0.3 is 20.1 Å². The Hall–Kier alpha value is -1.33. The van der Waals surface area contributed by atoms with Crippen molar-refractivity contribution >= 4 is 5.97 Å². The molecule has 2 rings (SSSR count). The summed E-state index contributed by atoms with van der Waals surface area (Å²) in [5.41, 5.74) is 0. The molecule has 2 aliphatic rings. The Morgan fingerprint density at radius 2 is 2.16 bits per heavy atom. The molecular weight excluding hydrogens is 320 g/mol. The number of aliphatic carboxylic acids is 1. The van der Waals surface area contributed by atoms with Gasteiger partial charge in [-0.05, 0) is 25.3 Å². The molecule has 2 fully saturated rings. The summed E-state index contributed by atoms with van der Waals surface area (Å²) in [6, 6.07) is 0. The summed E-state index contributed by atoms with van der Waals surface area (Å²) in [5, 5.41) is 29.0. The van der Waals surface area contributed by atoms with Crippen LogP contribution in [0.2, 0.25) is 0 Å². The van der Waals surface area contributed by atoms with Gasteiger partial charge in [0.15, 0.2) is 0 Å². The van der Waals surface area contributed by atoms with Crippen LogP contribution in [0.4, 0.5) is 0 Å². The van der Waals surface area contributed by atoms with Crippen molar-refractivity contribution in [3.8, 4) is 0 Å². The quantitative estimate of drug-likeness (QED) is 0.414. The van der Waals surface area contributed by atoms with Gasteiger partial charge in [-0.15, -0.1) is 0 Å². The number of carbonyl (C=O) groups is 1. The fourth-order valence-electron chi connectivity index (χ4n) is 3.86. The predicted octanol–water partition coefficient (Wildman–Crippen LogP) is 3.41. The smallest absolute Gasteiger partial charge is 0.303 e. The lowest BCUT2D eigenvalue weighted by Gasteiger charge is -2.16. The van der Waals surface area contributed by atoms with Crippen LogP contribution in [0.5, 0.6) is 0 Å². The maximum absolute atomic E-state index is 10.5. The Morgan fingerprint density at radius 1 is 1.36 bits per heavy atom. The summed E-state index contributed by atoms with van der Waals surface area (Å²) >= 11 is 0. The zero-order valence-electron chi connectivity index (χ0n) is 15.1. The third kappa shape index (κ3) is 6.15. The number of rotatable bonds is 10. The van der Waals surface area contributed by atoms with Gasteiger partial charge in [0.1, 0.15) is 6.10 Å². The van der Waals surface area contributed by atoms with Crippen LogP contribution in [0.3, 0.4) is 0 Å². The highest BCUT2D eigenvalue weighted by Crippen LogP contribution is 2.45. The van der Waals surface area contributed by atoms with E-state index in [1.807, 2.05) is 18.2 Å². The van der Waals surface area contributed by atoms with E-state index in [0.717, 1.165) is 37.9 Å². The molecule has 0 bridgehead atoms. The van der Waals surface area contributed by atoms with Gasteiger partial charge in [0.25, 0.3) is 0 Å². The minimum Gasteiger partial charge on any atom is -0.495 e. The number of fused-ring (bicyclic) bond motifs is 1. The van der Waals surface area contributed by atoms with Gasteiger partial charge in [0.05, 0.1) is 18.0 Å². The largest absolute Gasteiger partial charge is 0.495 e. The zero-order chi connectivity index (χ0) is 18.2. The number of allylic oxidation sites excluding steroid dienone is 2. The van der Waals surface area contributed by atoms with Crippen LogP contribution in [0.1, 0.15) is 64.7 Å². The molecule has 0 amide bonds. The summed E-state index contributed by atoms with van der Waals surface area (Å²) < 4.78 is 5.94. The number of carboxylic acids is 1. The van der Waals surface area contributed by atoms with Crippen LogP contribution in [0.25, 0.3) is 0 Å². The van der Waals surface area contributed by atoms with Crippen LogP contribution in [-0.4, -0.2) is 39.6 Å². The molecule has 142 valence electrons. The van der Waals surface area contributed by atoms with Gasteiger partial charge in [-0.25, -0.2) is 0 Å². The van der Waals surface area contributed by atoms with Gasteiger partial charge in [-0.2, -0.15) is 0 Å². The van der Waals surface area contributed by atoms with E-state index in [1.54, 1.807) is 0 Å². The average molecular weight is 352 g/mol. The number of ether oxygens (including phenoxy) is 1. The maximum Gasteiger partial charge on any atom is 0.303 e. The summed E-state index contributed by atoms with van der Waals surface area (Å²) in [5.74, 6) is 0.429. The highest BCUT2D eigenvalue weighted by atomic mass is 16.5. The molecule has 5 heteroatoms. The number of carboxylic acid groups (broad SMARTS) is 1. The minimum absolute atomic E-state index is 0.0238. The first-order valence-corrected chi connectivity index (χ1v) is 9.63. The van der Waals surface area contributed by atoms with E-state index in [2.05, 4.69) is 6.92 Å². The van der Waals surface area contributed by atoms with E-state index in [-0.39, 0.29) is 24.4 Å². The molecule has 1 saturated heterocycles. The third-order valence-electron chi connectivity index (χ3n) is 5.26. The van der Waals surface area contributed by atoms with Gasteiger partial charge in [0, 0.05) is 31.1 Å². The van der Waals surface area contributed by atoms with Crippen molar-refractivity contribution in [1.29, 1.82) is 0 Å². The third-order valence-corrected chi connectivity index (χ3v) is 5.26. The fraction of sp³-hybridized carbons (Fsp3) is 0.750. The first kappa shape index (κ1) is 20.0. The van der Waals surface area contributed by atoms with Crippen LogP contribution >= 0.6 is 0 Å². The Bertz CT molecular complexity index is 484. The van der Waals surface area contributed by atoms with Gasteiger partial charge in [-0.3, -0.25) is 4.79 Å². The molecule has 0 aromatic rings. The molecule has 0 aromatic carbocycles. The predicted molar refractivity (Wildman–Crippen MR) is 96.0 cm³/mol. The van der Waals surface area contributed by atoms with Crippen molar-refractivity contribution in [2.45, 2.75) is 83.0 Å². The van der Waals surface area contributed by atoms with Gasteiger partial charge >= 0.3 is 5.97 Å². The number of unbranched alkanes of at least 4 members (excludes halogenated alkanes) is 3. The molecule has 25 heavy (non-hydrogen) atoms. The highest BCUT2D eigenvalue weighted by Gasteiger charge is 2.46. The second-order valence-corrected chi connectivity index (χ2v) is 7.31. The SMILES string of the molecule is CCCCCC(O)/C=C/[C@H]1C(O)C[C@@H]2O/C(=C\CCCC(=O)O)C[C@@H]21. The lowest BCUT2D eigenvalue weighted by molar-refractivity contribution is -0.137. The van der Waals surface area contributed by atoms with Crippen molar-refractivity contribution in [2.24, 2.45) is 11.8 Å². The molecule has 1 aliphatic heterocycles. The monoisotopic (exact) mass is 352 g/mol. The van der Waals surface area contributed by atoms with Crippen molar-refractivity contribution in [1.82, 2.24) is 0 Å². The van der Waals surface area contributed by atoms with E-state index in [0.29, 0.717) is 19.3 Å². The van der Waals surface area contributed by atoms with E-state index < -0.39 is 18.2 Å². The Kier molecular flexibility index (Phi) is 7.97. The number of hydrogen-bond donors (Lipinski definition) is 3. The second kappa shape index (κ2) is 9.97. The zero-order valence-corrected chi connectivity index (χ0v) is 15.1. The van der Waals surface area contributed by atoms with E-state index >= 15 is 0 Å². The van der Waals surface area contributed by atoms with Gasteiger partial charge in [0.2, 0.25) is 0 Å². The molecular formula is C20H32O5. The highest BCUT2D eigenvalue weighted by molar-refractivity contribution is 5.66. The second-order valence-electron chi connectivity index (χ2n) is 7.31. The van der Waals surface area contributed by atoms with Crippen molar-refractivity contribution in [2.75, 3.05) is 0 Å². The minimum atomic E-state index is -0.770. The molecule has 5 atom stereocenters. The normalized spacial score (nSPS) is 31.4. The van der Waals surface area contributed by atoms with Crippen molar-refractivity contribution in [3.63, 3.8) is 0 Å². The van der Waals surface area contributed by atoms with E-state index in [1.165, 1.54) is 0 Å². The fourth-order valence-corrected chi connectivity index (χ4v) is 3.86. The van der Waals surface area contributed by atoms with Crippen molar-refractivity contribution < 1.29 is 24.9 Å². The lowest BCUT2D eigenvalue weighted by atomic mass is 9.90. The molecule has 1 saturated carbocycles. The molecule has 3 N–H and O–H groups in total. The summed E-state index contributed by atoms with van der Waals surface area (Å²) in [7, 11) is 0. The van der Waals surface area contributed by atoms with Crippen LogP contribution in [-0.2, 0) is 9.53 Å². The standard InChI is InChI=1S/C20H32O5/c1-2-3-4-7-14(21)10-11-16-17-12-15(8-5-6-9-20(23)24)25-19(17)13-18(16)22/h8,10-11,14,16-19,21-22H,2-7,9,12-13H2,1H3,(H,23,24)/b11-10+,15-8-/t14?,16-,17-,18?,19+/m1/s1. The van der Waals surface area contributed by atoms with E-state index in [9.17, 15) is 15.0 Å². The van der Waals surface area contributed by atoms with Crippen LogP contribution in [0, 0.1) is 11.8 Å². The molecule has 2 unspecified atom stereocenters. The average Bonchev–Trinajstić information content (AvgIpc) is 3.06. The van der Waals surface area contributed by atoms with Crippen LogP contribution in [0.15, 0.2) is 24.0 Å². The first-order chi connectivity index (χ1) is 12.0. The van der Waals surface area contributed by atoms with Crippen molar-refractivity contribution in [3.05, 3.63) is 24.0 Å². The first-order valence-electron chi connectivity index (χ1n) is 9.63. The summed E-state index contributed by atoms with van der Waals surface area (Å²) in [6.07, 6.45) is 12.0. The molecule has 0 aromatic heterocycles. The van der Waals surface area contributed by atoms with E-state index in [4.69, 9.17) is 9.84 Å². The van der Waals surface area contributed by atoms with Gasteiger partial charge in [-0.1, -0.05) is 38.3 Å². The summed E-state index contributed by atoms with van der Waals surface area (Å²) in [6.45, 7) is 2.14. The number of aliphatic hydroxyl groups is 2. The molecule has 1 aliphatic carbocycles. The Morgan fingerprint density at radius 3 is 2.88 bits per heavy atom. The maximum atomic E-state index is 10.5. The molecule has 5 nitrogen and oxygen atoms in total. The Balaban J connectivity index is 1.83. The molecule has 1 heterocycles. The Labute approximate surface area is 150 Å². The lowest BCUT2D eigenvalue weighted by Crippen LogP contribution is -2.18. The topological polar surface area (TPSA) is 87.0 Å².